The predicted octanol–water partition coefficient (Wildman–Crippen LogP) is 5.89. The van der Waals surface area contributed by atoms with Crippen molar-refractivity contribution in [3.8, 4) is 0 Å². The Morgan fingerprint density at radius 1 is 0.750 bits per heavy atom. The molecule has 0 heterocycles. The lowest BCUT2D eigenvalue weighted by Crippen LogP contribution is -2.53. The smallest absolute Gasteiger partial charge is 0.264 e. The zero-order valence-corrected chi connectivity index (χ0v) is 26.9. The third kappa shape index (κ3) is 7.94. The Morgan fingerprint density at radius 3 is 2.07 bits per heavy atom. The number of sulfonamides is 1. The molecule has 0 aromatic heterocycles. The van der Waals surface area contributed by atoms with Crippen LogP contribution in [0.3, 0.4) is 0 Å². The molecule has 4 aromatic carbocycles. The highest BCUT2D eigenvalue weighted by molar-refractivity contribution is 7.92. The van der Waals surface area contributed by atoms with E-state index >= 15 is 0 Å². The molecule has 2 amide bonds. The summed E-state index contributed by atoms with van der Waals surface area (Å²) in [5, 5.41) is 2.89. The molecule has 4 rings (SSSR count). The highest BCUT2D eigenvalue weighted by atomic mass is 32.2. The van der Waals surface area contributed by atoms with Gasteiger partial charge in [0.05, 0.1) is 10.6 Å². The van der Waals surface area contributed by atoms with Gasteiger partial charge in [-0.3, -0.25) is 13.9 Å². The molecule has 0 saturated carbocycles. The first-order chi connectivity index (χ1) is 21.0. The summed E-state index contributed by atoms with van der Waals surface area (Å²) in [7, 11) is -4.14. The van der Waals surface area contributed by atoms with Crippen LogP contribution in [-0.2, 0) is 32.6 Å². The number of benzene rings is 4. The van der Waals surface area contributed by atoms with Gasteiger partial charge in [0, 0.05) is 19.5 Å². The van der Waals surface area contributed by atoms with Crippen LogP contribution in [0.15, 0.2) is 102 Å². The van der Waals surface area contributed by atoms with Gasteiger partial charge in [-0.1, -0.05) is 83.9 Å². The summed E-state index contributed by atoms with van der Waals surface area (Å²) in [6, 6.07) is 28.4. The number of aryl methyl sites for hydroxylation is 4. The van der Waals surface area contributed by atoms with Gasteiger partial charge < -0.3 is 10.2 Å². The van der Waals surface area contributed by atoms with Crippen molar-refractivity contribution < 1.29 is 18.0 Å². The van der Waals surface area contributed by atoms with E-state index in [0.29, 0.717) is 12.2 Å². The summed E-state index contributed by atoms with van der Waals surface area (Å²) < 4.78 is 29.5. The zero-order valence-electron chi connectivity index (χ0n) is 26.1. The summed E-state index contributed by atoms with van der Waals surface area (Å²) in [5.41, 5.74) is 5.98. The molecular weight excluding hydrogens is 570 g/mol. The molecule has 7 nitrogen and oxygen atoms in total. The number of carbonyl (C=O) groups excluding carboxylic acids is 2. The summed E-state index contributed by atoms with van der Waals surface area (Å²) >= 11 is 0. The van der Waals surface area contributed by atoms with Crippen molar-refractivity contribution in [2.75, 3.05) is 17.4 Å². The Kier molecular flexibility index (Phi) is 10.6. The number of likely N-dealkylation sites (N-methyl/N-ethyl adjacent to an activating group) is 1. The van der Waals surface area contributed by atoms with Crippen molar-refractivity contribution in [1.29, 1.82) is 0 Å². The van der Waals surface area contributed by atoms with Crippen LogP contribution in [-0.4, -0.2) is 44.3 Å². The number of nitrogens with zero attached hydrogens (tertiary/aromatic N) is 2. The number of anilines is 1. The number of hydrogen-bond acceptors (Lipinski definition) is 4. The predicted molar refractivity (Wildman–Crippen MR) is 176 cm³/mol. The van der Waals surface area contributed by atoms with Crippen LogP contribution >= 0.6 is 0 Å². The van der Waals surface area contributed by atoms with Gasteiger partial charge in [-0.15, -0.1) is 0 Å². The maximum absolute atomic E-state index is 14.5. The fourth-order valence-electron chi connectivity index (χ4n) is 5.10. The largest absolute Gasteiger partial charge is 0.355 e. The standard InChI is InChI=1S/C36H41N3O4S/c1-6-37-36(41)34(23-30-12-8-7-9-13-30)38(24-31-14-10-11-27(3)21-31)35(40)25-39(32-18-17-28(4)29(5)22-32)44(42,43)33-19-15-26(2)16-20-33/h7-22,34H,6,23-25H2,1-5H3,(H,37,41)/t34-/m1/s1. The molecule has 8 heteroatoms. The molecule has 44 heavy (non-hydrogen) atoms. The summed E-state index contributed by atoms with van der Waals surface area (Å²) in [6.07, 6.45) is 0.276. The molecule has 0 bridgehead atoms. The Bertz CT molecular complexity index is 1700. The van der Waals surface area contributed by atoms with Gasteiger partial charge in [-0.25, -0.2) is 8.42 Å². The molecule has 0 unspecified atom stereocenters. The van der Waals surface area contributed by atoms with E-state index in [1.807, 2.05) is 95.3 Å². The third-order valence-electron chi connectivity index (χ3n) is 7.72. The average Bonchev–Trinajstić information content (AvgIpc) is 3.00. The Labute approximate surface area is 261 Å². The molecule has 0 radical (unpaired) electrons. The minimum Gasteiger partial charge on any atom is -0.355 e. The highest BCUT2D eigenvalue weighted by Crippen LogP contribution is 2.27. The van der Waals surface area contributed by atoms with Crippen molar-refractivity contribution in [3.63, 3.8) is 0 Å². The number of hydrogen-bond donors (Lipinski definition) is 1. The van der Waals surface area contributed by atoms with Gasteiger partial charge in [-0.2, -0.15) is 0 Å². The lowest BCUT2D eigenvalue weighted by molar-refractivity contribution is -0.140. The van der Waals surface area contributed by atoms with Gasteiger partial charge in [-0.05, 0) is 81.1 Å². The van der Waals surface area contributed by atoms with Gasteiger partial charge in [0.1, 0.15) is 12.6 Å². The molecule has 0 saturated heterocycles. The molecule has 0 spiro atoms. The van der Waals surface area contributed by atoms with E-state index < -0.39 is 28.5 Å². The molecule has 1 atom stereocenters. The second-order valence-corrected chi connectivity index (χ2v) is 13.1. The molecular formula is C36H41N3O4S. The quantitative estimate of drug-likeness (QED) is 0.216. The normalized spacial score (nSPS) is 11.9. The van der Waals surface area contributed by atoms with E-state index in [4.69, 9.17) is 0 Å². The first-order valence-corrected chi connectivity index (χ1v) is 16.3. The van der Waals surface area contributed by atoms with Crippen molar-refractivity contribution in [2.24, 2.45) is 0 Å². The summed E-state index contributed by atoms with van der Waals surface area (Å²) in [6.45, 7) is 9.61. The fraction of sp³-hybridized carbons (Fsp3) is 0.278. The maximum Gasteiger partial charge on any atom is 0.264 e. The Morgan fingerprint density at radius 2 is 1.43 bits per heavy atom. The van der Waals surface area contributed by atoms with Crippen LogP contribution in [0.5, 0.6) is 0 Å². The van der Waals surface area contributed by atoms with E-state index in [9.17, 15) is 18.0 Å². The van der Waals surface area contributed by atoms with Crippen LogP contribution in [0.4, 0.5) is 5.69 Å². The number of carbonyl (C=O) groups is 2. The van der Waals surface area contributed by atoms with E-state index in [-0.39, 0.29) is 23.8 Å². The SMILES string of the molecule is CCNC(=O)[C@@H](Cc1ccccc1)N(Cc1cccc(C)c1)C(=O)CN(c1ccc(C)c(C)c1)S(=O)(=O)c1ccc(C)cc1. The average molecular weight is 612 g/mol. The van der Waals surface area contributed by atoms with Crippen LogP contribution in [0.1, 0.15) is 40.3 Å². The molecule has 0 fully saturated rings. The minimum atomic E-state index is -4.14. The molecule has 0 aliphatic rings. The molecule has 4 aromatic rings. The van der Waals surface area contributed by atoms with Crippen molar-refractivity contribution >= 4 is 27.5 Å². The topological polar surface area (TPSA) is 86.8 Å². The van der Waals surface area contributed by atoms with Gasteiger partial charge in [0.2, 0.25) is 11.8 Å². The molecule has 230 valence electrons. The third-order valence-corrected chi connectivity index (χ3v) is 9.51. The van der Waals surface area contributed by atoms with Crippen LogP contribution < -0.4 is 9.62 Å². The zero-order chi connectivity index (χ0) is 31.9. The maximum atomic E-state index is 14.5. The Balaban J connectivity index is 1.81. The van der Waals surface area contributed by atoms with E-state index in [0.717, 1.165) is 37.7 Å². The van der Waals surface area contributed by atoms with Gasteiger partial charge in [0.25, 0.3) is 10.0 Å². The highest BCUT2D eigenvalue weighted by Gasteiger charge is 2.34. The fourth-order valence-corrected chi connectivity index (χ4v) is 6.51. The van der Waals surface area contributed by atoms with Crippen LogP contribution in [0.2, 0.25) is 0 Å². The van der Waals surface area contributed by atoms with Gasteiger partial charge >= 0.3 is 0 Å². The lowest BCUT2D eigenvalue weighted by atomic mass is 10.0. The number of rotatable bonds is 12. The summed E-state index contributed by atoms with van der Waals surface area (Å²) in [5.74, 6) is -0.774. The van der Waals surface area contributed by atoms with Crippen LogP contribution in [0.25, 0.3) is 0 Å². The van der Waals surface area contributed by atoms with E-state index in [1.54, 1.807) is 36.4 Å². The van der Waals surface area contributed by atoms with Crippen LogP contribution in [0, 0.1) is 27.7 Å². The minimum absolute atomic E-state index is 0.0870. The number of amides is 2. The summed E-state index contributed by atoms with van der Waals surface area (Å²) in [4.78, 5) is 29.7. The number of nitrogens with one attached hydrogen (secondary N) is 1. The molecule has 0 aliphatic carbocycles. The first kappa shape index (κ1) is 32.5. The van der Waals surface area contributed by atoms with Crippen molar-refractivity contribution in [3.05, 3.63) is 130 Å². The van der Waals surface area contributed by atoms with Gasteiger partial charge in [0.15, 0.2) is 0 Å². The second-order valence-electron chi connectivity index (χ2n) is 11.2. The lowest BCUT2D eigenvalue weighted by Gasteiger charge is -2.34. The second kappa shape index (κ2) is 14.4. The first-order valence-electron chi connectivity index (χ1n) is 14.8. The van der Waals surface area contributed by atoms with E-state index in [1.165, 1.54) is 4.90 Å². The molecule has 1 N–H and O–H groups in total. The molecule has 0 aliphatic heterocycles. The van der Waals surface area contributed by atoms with Crippen molar-refractivity contribution in [1.82, 2.24) is 10.2 Å². The monoisotopic (exact) mass is 611 g/mol. The Hall–Kier alpha value is -4.43. The van der Waals surface area contributed by atoms with Crippen molar-refractivity contribution in [2.45, 2.75) is 58.5 Å². The van der Waals surface area contributed by atoms with E-state index in [2.05, 4.69) is 5.32 Å².